The molecule has 0 fully saturated rings. The molecule has 4 heteroatoms. The maximum absolute atomic E-state index is 12.4. The van der Waals surface area contributed by atoms with Gasteiger partial charge in [0.2, 0.25) is 0 Å². The number of rotatable bonds is 7. The zero-order chi connectivity index (χ0) is 16.7. The first-order valence-corrected chi connectivity index (χ1v) is 8.23. The summed E-state index contributed by atoms with van der Waals surface area (Å²) in [4.78, 5) is 18.9. The van der Waals surface area contributed by atoms with Gasteiger partial charge in [-0.2, -0.15) is 0 Å². The summed E-state index contributed by atoms with van der Waals surface area (Å²) in [5.41, 5.74) is 3.45. The fraction of sp³-hybridized carbons (Fsp3) is 0.368. The second-order valence-electron chi connectivity index (χ2n) is 5.71. The number of nitrogens with zero attached hydrogens (tertiary/aromatic N) is 2. The smallest absolute Gasteiger partial charge is 0.274 e. The van der Waals surface area contributed by atoms with E-state index in [1.165, 1.54) is 0 Å². The molecule has 0 aliphatic carbocycles. The minimum Gasteiger partial charge on any atom is -0.371 e. The van der Waals surface area contributed by atoms with Crippen molar-refractivity contribution in [1.82, 2.24) is 4.98 Å². The van der Waals surface area contributed by atoms with Gasteiger partial charge in [0, 0.05) is 30.7 Å². The number of aromatic nitrogens is 1. The van der Waals surface area contributed by atoms with Gasteiger partial charge in [-0.05, 0) is 44.0 Å². The Bertz CT molecular complexity index is 631. The molecule has 1 heterocycles. The van der Waals surface area contributed by atoms with E-state index in [-0.39, 0.29) is 5.91 Å². The number of anilines is 2. The van der Waals surface area contributed by atoms with Crippen LogP contribution < -0.4 is 10.2 Å². The van der Waals surface area contributed by atoms with E-state index >= 15 is 0 Å². The number of pyridine rings is 1. The zero-order valence-electron chi connectivity index (χ0n) is 14.2. The van der Waals surface area contributed by atoms with Crippen molar-refractivity contribution in [3.05, 3.63) is 53.9 Å². The van der Waals surface area contributed by atoms with Crippen molar-refractivity contribution in [2.45, 2.75) is 33.6 Å². The van der Waals surface area contributed by atoms with Crippen LogP contribution >= 0.6 is 0 Å². The summed E-state index contributed by atoms with van der Waals surface area (Å²) in [6.45, 7) is 8.31. The van der Waals surface area contributed by atoms with Crippen LogP contribution in [0, 0.1) is 6.92 Å². The van der Waals surface area contributed by atoms with Gasteiger partial charge in [-0.15, -0.1) is 0 Å². The highest BCUT2D eigenvalue weighted by Crippen LogP contribution is 2.17. The molecule has 0 bridgehead atoms. The summed E-state index contributed by atoms with van der Waals surface area (Å²) in [6, 6.07) is 11.6. The zero-order valence-corrected chi connectivity index (χ0v) is 14.2. The van der Waals surface area contributed by atoms with Gasteiger partial charge in [-0.3, -0.25) is 9.78 Å². The molecule has 0 atom stereocenters. The second-order valence-corrected chi connectivity index (χ2v) is 5.71. The molecule has 1 amide bonds. The van der Waals surface area contributed by atoms with E-state index in [0.29, 0.717) is 5.69 Å². The van der Waals surface area contributed by atoms with Crippen LogP contribution in [-0.2, 0) is 0 Å². The third-order valence-electron chi connectivity index (χ3n) is 3.64. The van der Waals surface area contributed by atoms with Crippen LogP contribution in [0.1, 0.15) is 42.7 Å². The highest BCUT2D eigenvalue weighted by Gasteiger charge is 2.11. The average molecular weight is 311 g/mol. The van der Waals surface area contributed by atoms with Crippen LogP contribution in [0.15, 0.2) is 42.6 Å². The van der Waals surface area contributed by atoms with E-state index in [4.69, 9.17) is 0 Å². The molecule has 0 spiro atoms. The fourth-order valence-corrected chi connectivity index (χ4v) is 2.48. The van der Waals surface area contributed by atoms with Crippen LogP contribution in [-0.4, -0.2) is 24.0 Å². The highest BCUT2D eigenvalue weighted by molar-refractivity contribution is 6.03. The largest absolute Gasteiger partial charge is 0.371 e. The summed E-state index contributed by atoms with van der Waals surface area (Å²) in [5.74, 6) is -0.177. The molecule has 4 nitrogen and oxygen atoms in total. The number of carbonyl (C=O) groups is 1. The lowest BCUT2D eigenvalue weighted by atomic mass is 10.2. The molecule has 2 rings (SSSR count). The maximum Gasteiger partial charge on any atom is 0.274 e. The molecule has 23 heavy (non-hydrogen) atoms. The lowest BCUT2D eigenvalue weighted by molar-refractivity contribution is 0.102. The molecule has 2 aromatic rings. The predicted octanol–water partition coefficient (Wildman–Crippen LogP) is 4.27. The molecular formula is C19H25N3O. The number of hydrogen-bond acceptors (Lipinski definition) is 3. The van der Waals surface area contributed by atoms with Crippen LogP contribution in [0.3, 0.4) is 0 Å². The first-order chi connectivity index (χ1) is 11.1. The van der Waals surface area contributed by atoms with Crippen molar-refractivity contribution in [1.29, 1.82) is 0 Å². The van der Waals surface area contributed by atoms with Gasteiger partial charge in [0.05, 0.1) is 0 Å². The van der Waals surface area contributed by atoms with Gasteiger partial charge < -0.3 is 10.2 Å². The molecule has 122 valence electrons. The van der Waals surface area contributed by atoms with Gasteiger partial charge in [-0.25, -0.2) is 0 Å². The highest BCUT2D eigenvalue weighted by atomic mass is 16.1. The predicted molar refractivity (Wildman–Crippen MR) is 96.2 cm³/mol. The second kappa shape index (κ2) is 8.32. The molecule has 0 radical (unpaired) electrons. The van der Waals surface area contributed by atoms with Crippen molar-refractivity contribution in [3.8, 4) is 0 Å². The first-order valence-electron chi connectivity index (χ1n) is 8.23. The number of amides is 1. The van der Waals surface area contributed by atoms with Crippen molar-refractivity contribution in [2.24, 2.45) is 0 Å². The third kappa shape index (κ3) is 4.81. The Labute approximate surface area is 138 Å². The van der Waals surface area contributed by atoms with E-state index in [9.17, 15) is 4.79 Å². The molecule has 1 aromatic heterocycles. The van der Waals surface area contributed by atoms with Gasteiger partial charge >= 0.3 is 0 Å². The molecule has 0 aliphatic rings. The first kappa shape index (κ1) is 17.0. The summed E-state index contributed by atoms with van der Waals surface area (Å²) in [5, 5.41) is 2.90. The lowest BCUT2D eigenvalue weighted by Crippen LogP contribution is -2.25. The van der Waals surface area contributed by atoms with Crippen LogP contribution in [0.4, 0.5) is 11.4 Å². The molecule has 1 aromatic carbocycles. The Hall–Kier alpha value is -2.36. The van der Waals surface area contributed by atoms with Crippen molar-refractivity contribution >= 4 is 17.3 Å². The minimum atomic E-state index is -0.177. The van der Waals surface area contributed by atoms with Crippen molar-refractivity contribution < 1.29 is 4.79 Å². The normalized spacial score (nSPS) is 10.4. The summed E-state index contributed by atoms with van der Waals surface area (Å²) < 4.78 is 0. The van der Waals surface area contributed by atoms with E-state index < -0.39 is 0 Å². The SMILES string of the molecule is CCCN(CCC)c1ccnc(C(=O)Nc2ccc(C)cc2)c1. The van der Waals surface area contributed by atoms with E-state index in [0.717, 1.165) is 42.9 Å². The Morgan fingerprint density at radius 2 is 1.74 bits per heavy atom. The van der Waals surface area contributed by atoms with Crippen LogP contribution in [0.25, 0.3) is 0 Å². The standard InChI is InChI=1S/C19H25N3O/c1-4-12-22(13-5-2)17-10-11-20-18(14-17)19(23)21-16-8-6-15(3)7-9-16/h6-11,14H,4-5,12-13H2,1-3H3,(H,21,23). The lowest BCUT2D eigenvalue weighted by Gasteiger charge is -2.23. The summed E-state index contributed by atoms with van der Waals surface area (Å²) in [6.07, 6.45) is 3.86. The Morgan fingerprint density at radius 3 is 2.35 bits per heavy atom. The number of hydrogen-bond donors (Lipinski definition) is 1. The Morgan fingerprint density at radius 1 is 1.09 bits per heavy atom. The average Bonchev–Trinajstić information content (AvgIpc) is 2.57. The van der Waals surface area contributed by atoms with Crippen LogP contribution in [0.2, 0.25) is 0 Å². The summed E-state index contributed by atoms with van der Waals surface area (Å²) >= 11 is 0. The number of nitrogens with one attached hydrogen (secondary N) is 1. The van der Waals surface area contributed by atoms with Gasteiger partial charge in [0.25, 0.3) is 5.91 Å². The van der Waals surface area contributed by atoms with Gasteiger partial charge in [0.15, 0.2) is 0 Å². The topological polar surface area (TPSA) is 45.2 Å². The molecule has 1 N–H and O–H groups in total. The number of aryl methyl sites for hydroxylation is 1. The van der Waals surface area contributed by atoms with Crippen molar-refractivity contribution in [2.75, 3.05) is 23.3 Å². The Balaban J connectivity index is 2.14. The maximum atomic E-state index is 12.4. The van der Waals surface area contributed by atoms with Gasteiger partial charge in [0.1, 0.15) is 5.69 Å². The quantitative estimate of drug-likeness (QED) is 0.830. The molecule has 0 saturated carbocycles. The third-order valence-corrected chi connectivity index (χ3v) is 3.64. The van der Waals surface area contributed by atoms with Crippen LogP contribution in [0.5, 0.6) is 0 Å². The molecule has 0 unspecified atom stereocenters. The minimum absolute atomic E-state index is 0.177. The monoisotopic (exact) mass is 311 g/mol. The number of carbonyl (C=O) groups excluding carboxylic acids is 1. The molecule has 0 aliphatic heterocycles. The van der Waals surface area contributed by atoms with Crippen molar-refractivity contribution in [3.63, 3.8) is 0 Å². The van der Waals surface area contributed by atoms with E-state index in [2.05, 4.69) is 29.0 Å². The molecular weight excluding hydrogens is 286 g/mol. The summed E-state index contributed by atoms with van der Waals surface area (Å²) in [7, 11) is 0. The van der Waals surface area contributed by atoms with E-state index in [1.54, 1.807) is 6.20 Å². The van der Waals surface area contributed by atoms with Gasteiger partial charge in [-0.1, -0.05) is 31.5 Å². The fourth-order valence-electron chi connectivity index (χ4n) is 2.48. The Kier molecular flexibility index (Phi) is 6.15. The van der Waals surface area contributed by atoms with E-state index in [1.807, 2.05) is 43.3 Å². The molecule has 0 saturated heterocycles. The number of benzene rings is 1.